The van der Waals surface area contributed by atoms with Crippen molar-refractivity contribution in [3.63, 3.8) is 0 Å². The monoisotopic (exact) mass is 271 g/mol. The average Bonchev–Trinajstić information content (AvgIpc) is 2.26. The van der Waals surface area contributed by atoms with E-state index in [9.17, 15) is 8.42 Å². The normalized spacial score (nSPS) is 15.7. The second kappa shape index (κ2) is 6.40. The molecule has 1 N–H and O–H groups in total. The first-order valence-electron chi connectivity index (χ1n) is 6.15. The molecule has 3 nitrogen and oxygen atoms in total. The number of nitrogens with one attached hydrogen (secondary N) is 1. The van der Waals surface area contributed by atoms with E-state index < -0.39 is 10.0 Å². The zero-order valence-corrected chi connectivity index (χ0v) is 12.7. The van der Waals surface area contributed by atoms with E-state index in [0.29, 0.717) is 13.0 Å². The quantitative estimate of drug-likeness (QED) is 0.690. The van der Waals surface area contributed by atoms with Gasteiger partial charge in [0.2, 0.25) is 10.0 Å². The van der Waals surface area contributed by atoms with E-state index in [0.717, 1.165) is 18.2 Å². The van der Waals surface area contributed by atoms with E-state index in [2.05, 4.69) is 44.9 Å². The van der Waals surface area contributed by atoms with E-state index in [4.69, 9.17) is 6.42 Å². The minimum Gasteiger partial charge on any atom is -0.211 e. The summed E-state index contributed by atoms with van der Waals surface area (Å²) in [5.41, 5.74) is -0.0877. The highest BCUT2D eigenvalue weighted by molar-refractivity contribution is 7.92. The first-order chi connectivity index (χ1) is 8.10. The molecule has 4 heteroatoms. The van der Waals surface area contributed by atoms with Crippen LogP contribution >= 0.6 is 0 Å². The molecule has 0 rings (SSSR count). The molecule has 18 heavy (non-hydrogen) atoms. The Hall–Kier alpha value is -0.790. The summed E-state index contributed by atoms with van der Waals surface area (Å²) in [5, 5.41) is 0.940. The second-order valence-corrected chi connectivity index (χ2v) is 7.63. The number of hydrogen-bond acceptors (Lipinski definition) is 2. The van der Waals surface area contributed by atoms with Crippen LogP contribution in [0.25, 0.3) is 0 Å². The van der Waals surface area contributed by atoms with Gasteiger partial charge in [0.05, 0.1) is 0 Å². The van der Waals surface area contributed by atoms with Crippen LogP contribution in [0.1, 0.15) is 47.0 Å². The van der Waals surface area contributed by atoms with Crippen LogP contribution in [-0.4, -0.2) is 15.0 Å². The highest BCUT2D eigenvalue weighted by atomic mass is 32.2. The lowest BCUT2D eigenvalue weighted by Crippen LogP contribution is -2.37. The molecule has 0 spiro atoms. The van der Waals surface area contributed by atoms with Crippen molar-refractivity contribution in [2.24, 2.45) is 10.8 Å². The van der Waals surface area contributed by atoms with Gasteiger partial charge in [-0.25, -0.2) is 13.1 Å². The summed E-state index contributed by atoms with van der Waals surface area (Å²) in [7, 11) is -3.36. The van der Waals surface area contributed by atoms with E-state index >= 15 is 0 Å². The highest BCUT2D eigenvalue weighted by Gasteiger charge is 2.31. The predicted octanol–water partition coefficient (Wildman–Crippen LogP) is 2.91. The van der Waals surface area contributed by atoms with Gasteiger partial charge in [0, 0.05) is 18.4 Å². The van der Waals surface area contributed by atoms with Crippen LogP contribution in [0.2, 0.25) is 0 Å². The van der Waals surface area contributed by atoms with Gasteiger partial charge in [0.1, 0.15) is 0 Å². The third-order valence-electron chi connectivity index (χ3n) is 3.26. The van der Waals surface area contributed by atoms with Gasteiger partial charge >= 0.3 is 0 Å². The van der Waals surface area contributed by atoms with Gasteiger partial charge in [0.15, 0.2) is 0 Å². The Kier molecular flexibility index (Phi) is 6.12. The maximum atomic E-state index is 11.4. The highest BCUT2D eigenvalue weighted by Crippen LogP contribution is 2.38. The summed E-state index contributed by atoms with van der Waals surface area (Å²) in [6, 6.07) is 0. The summed E-state index contributed by atoms with van der Waals surface area (Å²) in [4.78, 5) is 0. The SMILES string of the molecule is C#CCC(C)(C)CC(C)(CC)CNS(=O)(=O)C=C. The molecular weight excluding hydrogens is 246 g/mol. The number of sulfonamides is 1. The molecule has 0 aromatic rings. The van der Waals surface area contributed by atoms with Gasteiger partial charge in [-0.05, 0) is 23.7 Å². The fourth-order valence-electron chi connectivity index (χ4n) is 2.14. The fourth-order valence-corrected chi connectivity index (χ4v) is 2.81. The van der Waals surface area contributed by atoms with Crippen molar-refractivity contribution in [2.45, 2.75) is 47.0 Å². The topological polar surface area (TPSA) is 46.2 Å². The van der Waals surface area contributed by atoms with E-state index in [1.807, 2.05) is 0 Å². The summed E-state index contributed by atoms with van der Waals surface area (Å²) >= 11 is 0. The van der Waals surface area contributed by atoms with Crippen LogP contribution in [0, 0.1) is 23.2 Å². The molecule has 104 valence electrons. The first-order valence-corrected chi connectivity index (χ1v) is 7.70. The Bertz CT molecular complexity index is 418. The molecule has 0 aromatic heterocycles. The molecule has 0 saturated heterocycles. The van der Waals surface area contributed by atoms with Crippen molar-refractivity contribution in [3.8, 4) is 12.3 Å². The summed E-state index contributed by atoms with van der Waals surface area (Å²) < 4.78 is 25.4. The molecule has 0 aliphatic heterocycles. The van der Waals surface area contributed by atoms with Crippen LogP contribution in [0.3, 0.4) is 0 Å². The molecular formula is C14H25NO2S. The maximum Gasteiger partial charge on any atom is 0.233 e. The van der Waals surface area contributed by atoms with Crippen LogP contribution in [0.5, 0.6) is 0 Å². The van der Waals surface area contributed by atoms with Crippen molar-refractivity contribution in [3.05, 3.63) is 12.0 Å². The van der Waals surface area contributed by atoms with E-state index in [1.165, 1.54) is 0 Å². The largest absolute Gasteiger partial charge is 0.233 e. The van der Waals surface area contributed by atoms with Crippen molar-refractivity contribution in [1.82, 2.24) is 4.72 Å². The molecule has 0 amide bonds. The predicted molar refractivity (Wildman–Crippen MR) is 77.4 cm³/mol. The molecule has 0 radical (unpaired) electrons. The van der Waals surface area contributed by atoms with Gasteiger partial charge in [0.25, 0.3) is 0 Å². The third kappa shape index (κ3) is 6.23. The molecule has 0 heterocycles. The number of rotatable bonds is 8. The van der Waals surface area contributed by atoms with Crippen LogP contribution in [-0.2, 0) is 10.0 Å². The Labute approximate surface area is 112 Å². The number of terminal acetylenes is 1. The summed E-state index contributed by atoms with van der Waals surface area (Å²) in [5.74, 6) is 2.68. The third-order valence-corrected chi connectivity index (χ3v) is 4.24. The zero-order valence-electron chi connectivity index (χ0n) is 11.9. The number of hydrogen-bond donors (Lipinski definition) is 1. The molecule has 1 atom stereocenters. The lowest BCUT2D eigenvalue weighted by atomic mass is 9.71. The molecule has 0 fully saturated rings. The molecule has 0 aliphatic rings. The average molecular weight is 271 g/mol. The Morgan fingerprint density at radius 1 is 1.39 bits per heavy atom. The van der Waals surface area contributed by atoms with E-state index in [1.54, 1.807) is 0 Å². The molecule has 0 saturated carbocycles. The van der Waals surface area contributed by atoms with E-state index in [-0.39, 0.29) is 10.8 Å². The minimum absolute atomic E-state index is 0.0130. The summed E-state index contributed by atoms with van der Waals surface area (Å²) in [6.07, 6.45) is 7.82. The lowest BCUT2D eigenvalue weighted by Gasteiger charge is -2.36. The zero-order chi connectivity index (χ0) is 14.4. The molecule has 1 unspecified atom stereocenters. The van der Waals surface area contributed by atoms with Gasteiger partial charge in [-0.2, -0.15) is 0 Å². The van der Waals surface area contributed by atoms with Gasteiger partial charge in [-0.15, -0.1) is 12.3 Å². The van der Waals surface area contributed by atoms with Gasteiger partial charge in [-0.1, -0.05) is 34.3 Å². The molecule has 0 aliphatic carbocycles. The Morgan fingerprint density at radius 2 is 1.94 bits per heavy atom. The standard InChI is InChI=1S/C14H25NO2S/c1-7-10-13(4,5)11-14(6,8-2)12-15-18(16,17)9-3/h1,9,15H,3,8,10-12H2,2,4-6H3. The van der Waals surface area contributed by atoms with Crippen molar-refractivity contribution in [2.75, 3.05) is 6.54 Å². The van der Waals surface area contributed by atoms with Crippen LogP contribution in [0.4, 0.5) is 0 Å². The minimum atomic E-state index is -3.36. The second-order valence-electron chi connectivity index (χ2n) is 5.92. The van der Waals surface area contributed by atoms with Crippen molar-refractivity contribution < 1.29 is 8.42 Å². The lowest BCUT2D eigenvalue weighted by molar-refractivity contribution is 0.175. The van der Waals surface area contributed by atoms with Gasteiger partial charge in [-0.3, -0.25) is 0 Å². The fraction of sp³-hybridized carbons (Fsp3) is 0.714. The Balaban J connectivity index is 4.73. The van der Waals surface area contributed by atoms with Gasteiger partial charge < -0.3 is 0 Å². The summed E-state index contributed by atoms with van der Waals surface area (Å²) in [6.45, 7) is 12.1. The van der Waals surface area contributed by atoms with Crippen LogP contribution in [0.15, 0.2) is 12.0 Å². The molecule has 0 bridgehead atoms. The first kappa shape index (κ1) is 17.2. The van der Waals surface area contributed by atoms with Crippen LogP contribution < -0.4 is 4.72 Å². The maximum absolute atomic E-state index is 11.4. The molecule has 0 aromatic carbocycles. The van der Waals surface area contributed by atoms with Crippen molar-refractivity contribution in [1.29, 1.82) is 0 Å². The smallest absolute Gasteiger partial charge is 0.211 e. The Morgan fingerprint density at radius 3 is 2.33 bits per heavy atom. The van der Waals surface area contributed by atoms with Crippen molar-refractivity contribution >= 4 is 10.0 Å².